The average Bonchev–Trinajstić information content (AvgIpc) is 4.01. The predicted molar refractivity (Wildman–Crippen MR) is 237 cm³/mol. The fourth-order valence-corrected chi connectivity index (χ4v) is 13.3. The van der Waals surface area contributed by atoms with Crippen molar-refractivity contribution in [3.05, 3.63) is 200 Å². The molecule has 1 atom stereocenters. The number of rotatable bonds is 5. The van der Waals surface area contributed by atoms with Crippen molar-refractivity contribution in [2.45, 2.75) is 0 Å². The lowest BCUT2D eigenvalue weighted by Gasteiger charge is -2.39. The third-order valence-corrected chi connectivity index (χ3v) is 15.3. The van der Waals surface area contributed by atoms with Crippen molar-refractivity contribution in [3.8, 4) is 34.4 Å². The molecule has 3 aromatic heterocycles. The Labute approximate surface area is 353 Å². The van der Waals surface area contributed by atoms with E-state index in [1.807, 2.05) is 97.1 Å². The first-order valence-electron chi connectivity index (χ1n) is 26.5. The van der Waals surface area contributed by atoms with E-state index in [9.17, 15) is 8.22 Å². The van der Waals surface area contributed by atoms with Gasteiger partial charge in [0.25, 0.3) is 0 Å². The monoisotopic (exact) mass is 760 g/mol. The summed E-state index contributed by atoms with van der Waals surface area (Å²) in [7, 11) is -4.06. The van der Waals surface area contributed by atoms with Gasteiger partial charge in [-0.15, -0.1) is 0 Å². The van der Waals surface area contributed by atoms with E-state index in [0.717, 1.165) is 47.6 Å². The molecule has 8 aromatic carbocycles. The quantitative estimate of drug-likeness (QED) is 0.165. The SMILES string of the molecule is [2H]c1c([2H])c([2H])c(-c2nc(-c3c([2H])c([2H])c([2H])c([Si]4(c5ccccc5)c5ccccc5-n5c6ccccc6c6cccc4c65)c3[2H])nc(-n3c4c([2H])c([2H])c([2H])c([2H])c4c4c([2H])c([2H])c([2H])c([2H])c43)n2)c([2H])c1[2H]. The summed E-state index contributed by atoms with van der Waals surface area (Å²) in [5.41, 5.74) is 0.638. The summed E-state index contributed by atoms with van der Waals surface area (Å²) in [6.45, 7) is 0. The van der Waals surface area contributed by atoms with Crippen LogP contribution in [0.2, 0.25) is 0 Å². The van der Waals surface area contributed by atoms with Crippen LogP contribution in [-0.2, 0) is 0 Å². The van der Waals surface area contributed by atoms with Crippen LogP contribution < -0.4 is 20.7 Å². The maximum Gasteiger partial charge on any atom is 0.238 e. The molecule has 0 N–H and O–H groups in total. The van der Waals surface area contributed by atoms with Gasteiger partial charge in [-0.1, -0.05) is 176 Å². The topological polar surface area (TPSA) is 48.5 Å². The predicted octanol–water partition coefficient (Wildman–Crippen LogP) is 9.09. The second-order valence-electron chi connectivity index (χ2n) is 13.5. The minimum Gasteiger partial charge on any atom is -0.309 e. The molecule has 12 rings (SSSR count). The minimum absolute atomic E-state index is 0.0718. The summed E-state index contributed by atoms with van der Waals surface area (Å²) in [6, 6.07) is 19.1. The Balaban J connectivity index is 1.28. The summed E-state index contributed by atoms with van der Waals surface area (Å²) < 4.78 is 158. The van der Waals surface area contributed by atoms with Crippen LogP contribution >= 0.6 is 0 Å². The summed E-state index contributed by atoms with van der Waals surface area (Å²) in [5, 5.41) is 3.50. The van der Waals surface area contributed by atoms with E-state index in [1.54, 1.807) is 0 Å². The van der Waals surface area contributed by atoms with E-state index in [1.165, 1.54) is 0 Å². The first-order valence-corrected chi connectivity index (χ1v) is 20.0. The van der Waals surface area contributed by atoms with Crippen molar-refractivity contribution in [2.75, 3.05) is 0 Å². The molecule has 0 amide bonds. The molecule has 0 bridgehead atoms. The van der Waals surface area contributed by atoms with Crippen molar-refractivity contribution in [3.63, 3.8) is 0 Å². The fraction of sp³-hybridized carbons (Fsp3) is 0. The summed E-state index contributed by atoms with van der Waals surface area (Å²) >= 11 is 0. The van der Waals surface area contributed by atoms with Gasteiger partial charge in [-0.25, -0.2) is 4.98 Å². The van der Waals surface area contributed by atoms with Gasteiger partial charge in [-0.05, 0) is 45.0 Å². The highest BCUT2D eigenvalue weighted by molar-refractivity contribution is 7.21. The lowest BCUT2D eigenvalue weighted by molar-refractivity contribution is 0.953. The molecule has 0 fully saturated rings. The van der Waals surface area contributed by atoms with Gasteiger partial charge in [0, 0.05) is 38.4 Å². The molecule has 1 aliphatic rings. The van der Waals surface area contributed by atoms with Crippen molar-refractivity contribution < 1.29 is 23.3 Å². The van der Waals surface area contributed by atoms with Crippen LogP contribution in [0, 0.1) is 0 Å². The maximum atomic E-state index is 10.5. The number of aromatic nitrogens is 5. The lowest BCUT2D eigenvalue weighted by Crippen LogP contribution is -2.76. The van der Waals surface area contributed by atoms with Gasteiger partial charge in [0.1, 0.15) is 0 Å². The van der Waals surface area contributed by atoms with Crippen molar-refractivity contribution in [2.24, 2.45) is 0 Å². The zero-order chi connectivity index (χ0) is 52.3. The Morgan fingerprint density at radius 2 is 1.05 bits per heavy atom. The van der Waals surface area contributed by atoms with Crippen LogP contribution in [0.5, 0.6) is 0 Å². The first kappa shape index (κ1) is 19.4. The molecule has 1 unspecified atom stereocenters. The smallest absolute Gasteiger partial charge is 0.238 e. The van der Waals surface area contributed by atoms with Gasteiger partial charge < -0.3 is 4.57 Å². The van der Waals surface area contributed by atoms with Crippen LogP contribution in [0.1, 0.15) is 23.3 Å². The Kier molecular flexibility index (Phi) is 4.20. The van der Waals surface area contributed by atoms with E-state index in [4.69, 9.17) is 20.1 Å². The molecule has 0 aliphatic carbocycles. The molecule has 11 aromatic rings. The van der Waals surface area contributed by atoms with Crippen molar-refractivity contribution >= 4 is 72.4 Å². The molecule has 266 valence electrons. The van der Waals surface area contributed by atoms with Crippen LogP contribution in [0.4, 0.5) is 0 Å². The van der Waals surface area contributed by atoms with Gasteiger partial charge in [0.05, 0.1) is 45.4 Å². The second kappa shape index (κ2) is 12.3. The molecule has 6 heteroatoms. The average molecular weight is 761 g/mol. The summed E-state index contributed by atoms with van der Waals surface area (Å²) in [5.74, 6) is -1.89. The van der Waals surface area contributed by atoms with Crippen molar-refractivity contribution in [1.82, 2.24) is 24.1 Å². The molecule has 1 aliphatic heterocycles. The fourth-order valence-electron chi connectivity index (χ4n) is 8.43. The highest BCUT2D eigenvalue weighted by Crippen LogP contribution is 2.36. The Hall–Kier alpha value is -7.41. The molecule has 0 saturated heterocycles. The zero-order valence-corrected chi connectivity index (χ0v) is 30.5. The Bertz CT molecular complexity index is 4260. The van der Waals surface area contributed by atoms with Gasteiger partial charge in [-0.2, -0.15) is 9.97 Å². The van der Waals surface area contributed by atoms with Gasteiger partial charge in [0.2, 0.25) is 5.95 Å². The van der Waals surface area contributed by atoms with E-state index in [0.29, 0.717) is 0 Å². The molecule has 57 heavy (non-hydrogen) atoms. The van der Waals surface area contributed by atoms with Crippen LogP contribution in [0.3, 0.4) is 0 Å². The molecular formula is C51H33N5Si. The normalized spacial score (nSPS) is 18.9. The van der Waals surface area contributed by atoms with E-state index in [2.05, 4.69) is 14.5 Å². The van der Waals surface area contributed by atoms with Gasteiger partial charge >= 0.3 is 0 Å². The molecule has 0 spiro atoms. The van der Waals surface area contributed by atoms with Gasteiger partial charge in [0.15, 0.2) is 19.7 Å². The van der Waals surface area contributed by atoms with Crippen LogP contribution in [-0.4, -0.2) is 32.2 Å². The molecule has 4 heterocycles. The first-order chi connectivity index (χ1) is 35.4. The molecule has 0 radical (unpaired) electrons. The number of nitrogens with zero attached hydrogens (tertiary/aromatic N) is 5. The number of fused-ring (bicyclic) bond motifs is 8. The standard InChI is InChI=1S/C51H33N5Si/c1-3-17-34(18-4-1)49-52-50(54-51(53-49)56-43-28-11-7-23-38(43)39-24-8-12-29-44(39)56)35-19-15-22-37(33-35)57(36-20-5-2-6-21-36)46-31-14-13-30-45(46)55-42-27-10-9-25-40(42)41-26-16-32-47(57)48(41)55/h1-33H/i1D,3D,4D,7D,8D,11D,12D,15D,17D,18D,19D,22D,23D,24D,28D,29D,33D. The maximum absolute atomic E-state index is 10.5. The minimum atomic E-state index is -4.06. The Morgan fingerprint density at radius 1 is 0.421 bits per heavy atom. The number of benzene rings is 8. The third-order valence-electron chi connectivity index (χ3n) is 10.7. The highest BCUT2D eigenvalue weighted by atomic mass is 28.3. The molecule has 0 saturated carbocycles. The highest BCUT2D eigenvalue weighted by Gasteiger charge is 2.47. The van der Waals surface area contributed by atoms with Crippen LogP contribution in [0.15, 0.2) is 200 Å². The summed E-state index contributed by atoms with van der Waals surface area (Å²) in [4.78, 5) is 14.0. The zero-order valence-electron chi connectivity index (χ0n) is 46.5. The number of para-hydroxylation sites is 5. The largest absolute Gasteiger partial charge is 0.309 e. The number of hydrogen-bond acceptors (Lipinski definition) is 3. The molecular weight excluding hydrogens is 711 g/mol. The lowest BCUT2D eigenvalue weighted by atomic mass is 10.1. The van der Waals surface area contributed by atoms with E-state index >= 15 is 0 Å². The number of hydrogen-bond donors (Lipinski definition) is 0. The summed E-state index contributed by atoms with van der Waals surface area (Å²) in [6.07, 6.45) is 0. The van der Waals surface area contributed by atoms with Gasteiger partial charge in [-0.3, -0.25) is 4.57 Å². The van der Waals surface area contributed by atoms with Crippen LogP contribution in [0.25, 0.3) is 78.0 Å². The second-order valence-corrected chi connectivity index (χ2v) is 17.2. The third kappa shape index (κ3) is 4.53. The van der Waals surface area contributed by atoms with E-state index in [-0.39, 0.29) is 16.0 Å². The Morgan fingerprint density at radius 3 is 1.86 bits per heavy atom. The van der Waals surface area contributed by atoms with Crippen molar-refractivity contribution in [1.29, 1.82) is 0 Å². The van der Waals surface area contributed by atoms with E-state index < -0.39 is 151 Å². The molecule has 5 nitrogen and oxygen atoms in total.